The summed E-state index contributed by atoms with van der Waals surface area (Å²) in [5, 5.41) is 3.43. The molecule has 8 atom stereocenters. The average molecular weight is 630 g/mol. The average Bonchev–Trinajstić information content (AvgIpc) is 3.29. The van der Waals surface area contributed by atoms with E-state index in [4.69, 9.17) is 21.9 Å². The topological polar surface area (TPSA) is 120 Å². The van der Waals surface area contributed by atoms with Crippen LogP contribution in [-0.2, 0) is 4.74 Å². The van der Waals surface area contributed by atoms with Crippen LogP contribution in [-0.4, -0.2) is 61.9 Å². The van der Waals surface area contributed by atoms with Gasteiger partial charge in [-0.05, 0) is 137 Å². The van der Waals surface area contributed by atoms with Crippen LogP contribution in [0.25, 0.3) is 0 Å². The van der Waals surface area contributed by atoms with Crippen molar-refractivity contribution in [3.8, 4) is 0 Å². The van der Waals surface area contributed by atoms with Crippen molar-refractivity contribution >= 4 is 6.09 Å². The van der Waals surface area contributed by atoms with Crippen molar-refractivity contribution in [3.05, 3.63) is 11.6 Å². The predicted octanol–water partition coefficient (Wildman–Crippen LogP) is 6.98. The first-order chi connectivity index (χ1) is 21.5. The quantitative estimate of drug-likeness (QED) is 0.102. The van der Waals surface area contributed by atoms with Crippen molar-refractivity contribution in [2.45, 2.75) is 143 Å². The summed E-state index contributed by atoms with van der Waals surface area (Å²) >= 11 is 0. The van der Waals surface area contributed by atoms with Gasteiger partial charge in [-0.1, -0.05) is 65.5 Å². The monoisotopic (exact) mass is 630 g/mol. The van der Waals surface area contributed by atoms with E-state index in [1.165, 1.54) is 50.5 Å². The van der Waals surface area contributed by atoms with Crippen molar-refractivity contribution in [2.24, 2.45) is 57.6 Å². The highest BCUT2D eigenvalue weighted by molar-refractivity contribution is 5.67. The zero-order valence-electron chi connectivity index (χ0n) is 29.9. The number of rotatable bonds is 17. The molecule has 45 heavy (non-hydrogen) atoms. The Bertz CT molecular complexity index is 972. The van der Waals surface area contributed by atoms with Gasteiger partial charge in [0.05, 0.1) is 0 Å². The van der Waals surface area contributed by atoms with Crippen molar-refractivity contribution in [1.82, 2.24) is 10.2 Å². The number of fused-ring (bicyclic) bond motifs is 5. The summed E-state index contributed by atoms with van der Waals surface area (Å²) in [7, 11) is 0. The summed E-state index contributed by atoms with van der Waals surface area (Å²) in [4.78, 5) is 15.3. The third kappa shape index (κ3) is 8.12. The number of unbranched alkanes of at least 4 members (excludes halogenated alkanes) is 1. The molecule has 0 aliphatic heterocycles. The summed E-state index contributed by atoms with van der Waals surface area (Å²) in [5.74, 6) is 3.50. The fraction of sp³-hybridized carbons (Fsp3) is 0.921. The number of nitrogens with one attached hydrogen (secondary N) is 1. The number of hydrogen-bond donors (Lipinski definition) is 4. The highest BCUT2D eigenvalue weighted by Gasteiger charge is 2.65. The van der Waals surface area contributed by atoms with Crippen LogP contribution in [0.4, 0.5) is 4.79 Å². The van der Waals surface area contributed by atoms with E-state index >= 15 is 0 Å². The first kappa shape index (κ1) is 36.7. The first-order valence-corrected chi connectivity index (χ1v) is 19.0. The van der Waals surface area contributed by atoms with E-state index < -0.39 is 0 Å². The van der Waals surface area contributed by atoms with Crippen molar-refractivity contribution in [3.63, 3.8) is 0 Å². The van der Waals surface area contributed by atoms with Gasteiger partial charge < -0.3 is 32.2 Å². The first-order valence-electron chi connectivity index (χ1n) is 19.0. The fourth-order valence-corrected chi connectivity index (χ4v) is 10.5. The van der Waals surface area contributed by atoms with Gasteiger partial charge in [-0.15, -0.1) is 0 Å². The maximum absolute atomic E-state index is 13.4. The second-order valence-electron chi connectivity index (χ2n) is 16.5. The molecular formula is C38H71N5O2. The van der Waals surface area contributed by atoms with Crippen LogP contribution >= 0.6 is 0 Å². The molecule has 1 amide bonds. The lowest BCUT2D eigenvalue weighted by atomic mass is 9.44. The van der Waals surface area contributed by atoms with Crippen LogP contribution in [0.15, 0.2) is 11.6 Å². The summed E-state index contributed by atoms with van der Waals surface area (Å²) in [6.45, 7) is 16.9. The molecule has 7 heteroatoms. The highest BCUT2D eigenvalue weighted by atomic mass is 16.6. The Kier molecular flexibility index (Phi) is 13.3. The Labute approximate surface area is 276 Å². The van der Waals surface area contributed by atoms with Crippen LogP contribution in [0.2, 0.25) is 0 Å². The Balaban J connectivity index is 1.35. The molecule has 4 aliphatic rings. The summed E-state index contributed by atoms with van der Waals surface area (Å²) in [6.07, 6.45) is 19.3. The summed E-state index contributed by atoms with van der Waals surface area (Å²) in [5.41, 5.74) is 20.9. The normalized spacial score (nSPS) is 34.9. The van der Waals surface area contributed by atoms with Crippen LogP contribution in [0, 0.1) is 40.4 Å². The van der Waals surface area contributed by atoms with Crippen molar-refractivity contribution < 1.29 is 9.53 Å². The SMILES string of the molecule is CC(C)CCCC(C)C1CCC2(N)[C@@H]3CC=C4C[C@@H](OC(=O)N(CCCN)CCCCNCCCN)CC[C@]4(C)C3CC[C@]12C. The van der Waals surface area contributed by atoms with Gasteiger partial charge in [0, 0.05) is 25.0 Å². The second kappa shape index (κ2) is 16.3. The predicted molar refractivity (Wildman–Crippen MR) is 188 cm³/mol. The number of nitrogens with zero attached hydrogens (tertiary/aromatic N) is 1. The van der Waals surface area contributed by atoms with Gasteiger partial charge in [0.1, 0.15) is 6.10 Å². The smallest absolute Gasteiger partial charge is 0.410 e. The van der Waals surface area contributed by atoms with Crippen molar-refractivity contribution in [1.29, 1.82) is 0 Å². The number of ether oxygens (including phenoxy) is 1. The largest absolute Gasteiger partial charge is 0.446 e. The van der Waals surface area contributed by atoms with Crippen LogP contribution < -0.4 is 22.5 Å². The van der Waals surface area contributed by atoms with E-state index in [0.29, 0.717) is 24.9 Å². The third-order valence-electron chi connectivity index (χ3n) is 13.4. The Morgan fingerprint density at radius 3 is 2.40 bits per heavy atom. The minimum Gasteiger partial charge on any atom is -0.446 e. The molecule has 0 heterocycles. The zero-order chi connectivity index (χ0) is 32.7. The number of carbonyl (C=O) groups excluding carboxylic acids is 1. The molecule has 4 aliphatic carbocycles. The Morgan fingerprint density at radius 1 is 0.933 bits per heavy atom. The maximum Gasteiger partial charge on any atom is 0.410 e. The van der Waals surface area contributed by atoms with Crippen LogP contribution in [0.3, 0.4) is 0 Å². The fourth-order valence-electron chi connectivity index (χ4n) is 10.5. The zero-order valence-corrected chi connectivity index (χ0v) is 29.9. The molecule has 260 valence electrons. The summed E-state index contributed by atoms with van der Waals surface area (Å²) < 4.78 is 6.23. The third-order valence-corrected chi connectivity index (χ3v) is 13.4. The molecule has 4 unspecified atom stereocenters. The van der Waals surface area contributed by atoms with Crippen molar-refractivity contribution in [2.75, 3.05) is 39.3 Å². The molecule has 0 radical (unpaired) electrons. The van der Waals surface area contributed by atoms with Crippen LogP contribution in [0.5, 0.6) is 0 Å². The lowest BCUT2D eigenvalue weighted by Crippen LogP contribution is -2.65. The van der Waals surface area contributed by atoms with Gasteiger partial charge in [0.2, 0.25) is 0 Å². The summed E-state index contributed by atoms with van der Waals surface area (Å²) in [6, 6.07) is 0. The van der Waals surface area contributed by atoms with Gasteiger partial charge >= 0.3 is 6.09 Å². The molecule has 4 rings (SSSR count). The number of allylic oxidation sites excluding steroid dienone is 1. The molecule has 0 saturated heterocycles. The number of amides is 1. The molecule has 0 spiro atoms. The maximum atomic E-state index is 13.4. The van der Waals surface area contributed by atoms with E-state index in [1.54, 1.807) is 0 Å². The lowest BCUT2D eigenvalue weighted by molar-refractivity contribution is -0.0748. The molecule has 0 aromatic rings. The lowest BCUT2D eigenvalue weighted by Gasteiger charge is -2.62. The number of carbonyl (C=O) groups is 1. The highest BCUT2D eigenvalue weighted by Crippen LogP contribution is 2.68. The van der Waals surface area contributed by atoms with Gasteiger partial charge in [-0.25, -0.2) is 4.79 Å². The molecule has 3 fully saturated rings. The van der Waals surface area contributed by atoms with Gasteiger partial charge in [-0.3, -0.25) is 0 Å². The minimum atomic E-state index is -0.156. The Hall–Kier alpha value is -1.15. The Morgan fingerprint density at radius 2 is 1.67 bits per heavy atom. The van der Waals surface area contributed by atoms with E-state index in [0.717, 1.165) is 95.3 Å². The van der Waals surface area contributed by atoms with E-state index in [-0.39, 0.29) is 28.6 Å². The van der Waals surface area contributed by atoms with Crippen LogP contribution in [0.1, 0.15) is 131 Å². The molecule has 3 saturated carbocycles. The number of hydrogen-bond acceptors (Lipinski definition) is 6. The number of nitrogens with two attached hydrogens (primary N) is 3. The second-order valence-corrected chi connectivity index (χ2v) is 16.5. The molecule has 7 N–H and O–H groups in total. The standard InChI is InChI=1S/C38H71N5O2/c1-28(2)11-8-12-29(3)32-17-20-38(41)34-14-13-30-27-31(15-18-36(30,4)33(34)16-19-37(32,38)5)45-35(44)43(26-10-22-40)25-7-6-23-42-24-9-21-39/h13,28-29,31-34,42H,6-12,14-27,39-41H2,1-5H3/t29?,31-,32?,33?,34+,36-,37+,38?/m0/s1. The molecule has 0 bridgehead atoms. The minimum absolute atomic E-state index is 0.0325. The van der Waals surface area contributed by atoms with Gasteiger partial charge in [0.15, 0.2) is 0 Å². The molecule has 0 aromatic carbocycles. The van der Waals surface area contributed by atoms with Gasteiger partial charge in [0.25, 0.3) is 0 Å². The van der Waals surface area contributed by atoms with E-state index in [2.05, 4.69) is 46.0 Å². The van der Waals surface area contributed by atoms with E-state index in [1.807, 2.05) is 4.90 Å². The molecule has 0 aromatic heterocycles. The van der Waals surface area contributed by atoms with E-state index in [9.17, 15) is 4.79 Å². The molecule has 7 nitrogen and oxygen atoms in total. The van der Waals surface area contributed by atoms with Gasteiger partial charge in [-0.2, -0.15) is 0 Å². The molecular weight excluding hydrogens is 558 g/mol.